The minimum Gasteiger partial charge on any atom is -0.325 e. The molecule has 2 aromatic carbocycles. The monoisotopic (exact) mass is 377 g/mol. The molecule has 4 nitrogen and oxygen atoms in total. The molecular formula is C22H23N3OS. The van der Waals surface area contributed by atoms with Crippen molar-refractivity contribution in [1.82, 2.24) is 10.2 Å². The number of carbonyl (C=O) groups is 1. The number of nitrogens with zero attached hydrogens (tertiary/aromatic N) is 2. The Kier molecular flexibility index (Phi) is 5.91. The first-order chi connectivity index (χ1) is 12.9. The number of thioether (sulfide) groups is 1. The van der Waals surface area contributed by atoms with E-state index in [9.17, 15) is 4.79 Å². The van der Waals surface area contributed by atoms with Crippen LogP contribution in [0.4, 0.5) is 5.69 Å². The zero-order chi connectivity index (χ0) is 19.4. The predicted octanol–water partition coefficient (Wildman–Crippen LogP) is 5.11. The van der Waals surface area contributed by atoms with Crippen LogP contribution >= 0.6 is 11.8 Å². The number of aryl methyl sites for hydroxylation is 4. The fourth-order valence-electron chi connectivity index (χ4n) is 3.09. The molecule has 3 aromatic rings. The van der Waals surface area contributed by atoms with Crippen LogP contribution in [0, 0.1) is 27.7 Å². The van der Waals surface area contributed by atoms with Crippen LogP contribution in [0.3, 0.4) is 0 Å². The van der Waals surface area contributed by atoms with E-state index in [0.717, 1.165) is 38.7 Å². The van der Waals surface area contributed by atoms with Crippen molar-refractivity contribution in [3.05, 3.63) is 70.8 Å². The quantitative estimate of drug-likeness (QED) is 0.628. The molecule has 5 heteroatoms. The van der Waals surface area contributed by atoms with E-state index in [-0.39, 0.29) is 5.91 Å². The summed E-state index contributed by atoms with van der Waals surface area (Å²) in [6.07, 6.45) is 0. The largest absolute Gasteiger partial charge is 0.325 e. The lowest BCUT2D eigenvalue weighted by Gasteiger charge is -2.12. The molecule has 0 saturated carbocycles. The number of hydrogen-bond donors (Lipinski definition) is 1. The second kappa shape index (κ2) is 8.35. The molecule has 1 N–H and O–H groups in total. The highest BCUT2D eigenvalue weighted by Gasteiger charge is 2.10. The van der Waals surface area contributed by atoms with Gasteiger partial charge in [-0.3, -0.25) is 4.79 Å². The number of nitrogens with one attached hydrogen (secondary N) is 1. The number of anilines is 1. The molecule has 0 radical (unpaired) electrons. The first-order valence-corrected chi connectivity index (χ1v) is 9.83. The van der Waals surface area contributed by atoms with E-state index in [4.69, 9.17) is 0 Å². The van der Waals surface area contributed by atoms with Gasteiger partial charge in [-0.25, -0.2) is 0 Å². The predicted molar refractivity (Wildman–Crippen MR) is 112 cm³/mol. The summed E-state index contributed by atoms with van der Waals surface area (Å²) in [5.74, 6) is 0.255. The molecule has 0 bridgehead atoms. The van der Waals surface area contributed by atoms with Crippen molar-refractivity contribution in [1.29, 1.82) is 0 Å². The summed E-state index contributed by atoms with van der Waals surface area (Å²) < 4.78 is 0. The van der Waals surface area contributed by atoms with Crippen LogP contribution in [-0.2, 0) is 4.79 Å². The average molecular weight is 378 g/mol. The van der Waals surface area contributed by atoms with Gasteiger partial charge < -0.3 is 5.32 Å². The van der Waals surface area contributed by atoms with Crippen molar-refractivity contribution in [3.63, 3.8) is 0 Å². The van der Waals surface area contributed by atoms with Gasteiger partial charge in [0, 0.05) is 11.3 Å². The molecule has 0 aliphatic heterocycles. The smallest absolute Gasteiger partial charge is 0.234 e. The Balaban J connectivity index is 1.62. The number of benzene rings is 2. The van der Waals surface area contributed by atoms with Gasteiger partial charge in [0.25, 0.3) is 0 Å². The lowest BCUT2D eigenvalue weighted by Crippen LogP contribution is -2.16. The molecule has 1 aromatic heterocycles. The highest BCUT2D eigenvalue weighted by molar-refractivity contribution is 7.99. The van der Waals surface area contributed by atoms with E-state index in [1.165, 1.54) is 17.3 Å². The summed E-state index contributed by atoms with van der Waals surface area (Å²) in [7, 11) is 0. The maximum absolute atomic E-state index is 12.3. The number of amides is 1. The number of aromatic nitrogens is 2. The Bertz CT molecular complexity index is 945. The van der Waals surface area contributed by atoms with Gasteiger partial charge in [0.2, 0.25) is 5.91 Å². The molecule has 3 rings (SSSR count). The van der Waals surface area contributed by atoms with E-state index in [1.54, 1.807) is 0 Å². The third-order valence-electron chi connectivity index (χ3n) is 4.35. The molecule has 27 heavy (non-hydrogen) atoms. The van der Waals surface area contributed by atoms with Crippen LogP contribution in [0.15, 0.2) is 53.6 Å². The van der Waals surface area contributed by atoms with Gasteiger partial charge in [0.15, 0.2) is 0 Å². The molecule has 0 saturated heterocycles. The van der Waals surface area contributed by atoms with E-state index in [1.807, 2.05) is 44.2 Å². The number of rotatable bonds is 5. The number of carbonyl (C=O) groups excluding carboxylic acids is 1. The van der Waals surface area contributed by atoms with Crippen molar-refractivity contribution in [2.24, 2.45) is 0 Å². The third-order valence-corrected chi connectivity index (χ3v) is 5.27. The van der Waals surface area contributed by atoms with Gasteiger partial charge in [-0.1, -0.05) is 53.7 Å². The van der Waals surface area contributed by atoms with Crippen molar-refractivity contribution in [3.8, 4) is 11.3 Å². The maximum Gasteiger partial charge on any atom is 0.234 e. The van der Waals surface area contributed by atoms with Crippen molar-refractivity contribution in [2.75, 3.05) is 11.1 Å². The molecule has 0 fully saturated rings. The zero-order valence-electron chi connectivity index (χ0n) is 16.0. The molecule has 0 aliphatic carbocycles. The summed E-state index contributed by atoms with van der Waals surface area (Å²) in [6, 6.07) is 16.1. The summed E-state index contributed by atoms with van der Waals surface area (Å²) in [5, 5.41) is 12.3. The van der Waals surface area contributed by atoms with Crippen molar-refractivity contribution >= 4 is 23.4 Å². The fourth-order valence-corrected chi connectivity index (χ4v) is 3.71. The lowest BCUT2D eigenvalue weighted by molar-refractivity contribution is -0.113. The first kappa shape index (κ1) is 19.1. The highest BCUT2D eigenvalue weighted by Crippen LogP contribution is 2.24. The highest BCUT2D eigenvalue weighted by atomic mass is 32.2. The average Bonchev–Trinajstić information content (AvgIpc) is 2.64. The Morgan fingerprint density at radius 1 is 0.926 bits per heavy atom. The lowest BCUT2D eigenvalue weighted by atomic mass is 10.1. The zero-order valence-corrected chi connectivity index (χ0v) is 16.9. The van der Waals surface area contributed by atoms with E-state index in [2.05, 4.69) is 47.6 Å². The van der Waals surface area contributed by atoms with Gasteiger partial charge in [-0.2, -0.15) is 0 Å². The van der Waals surface area contributed by atoms with Crippen LogP contribution in [0.2, 0.25) is 0 Å². The van der Waals surface area contributed by atoms with Crippen LogP contribution in [0.5, 0.6) is 0 Å². The topological polar surface area (TPSA) is 54.9 Å². The van der Waals surface area contributed by atoms with Crippen LogP contribution in [0.25, 0.3) is 11.3 Å². The summed E-state index contributed by atoms with van der Waals surface area (Å²) in [6.45, 7) is 8.14. The molecular weight excluding hydrogens is 354 g/mol. The minimum atomic E-state index is -0.0418. The van der Waals surface area contributed by atoms with Crippen LogP contribution < -0.4 is 5.32 Å². The van der Waals surface area contributed by atoms with Gasteiger partial charge in [0.05, 0.1) is 11.4 Å². The first-order valence-electron chi connectivity index (χ1n) is 8.84. The Morgan fingerprint density at radius 3 is 2.26 bits per heavy atom. The van der Waals surface area contributed by atoms with E-state index in [0.29, 0.717) is 5.75 Å². The van der Waals surface area contributed by atoms with Gasteiger partial charge in [-0.15, -0.1) is 10.2 Å². The Hall–Kier alpha value is -2.66. The Morgan fingerprint density at radius 2 is 1.63 bits per heavy atom. The van der Waals surface area contributed by atoms with Gasteiger partial charge in [0.1, 0.15) is 5.03 Å². The molecule has 1 heterocycles. The SMILES string of the molecule is Cc1cc(C)c(NC(=O)CSc2ccc(-c3ccccc3C)nn2)c(C)c1. The van der Waals surface area contributed by atoms with Crippen LogP contribution in [0.1, 0.15) is 22.3 Å². The minimum absolute atomic E-state index is 0.0418. The molecule has 138 valence electrons. The normalized spacial score (nSPS) is 10.7. The van der Waals surface area contributed by atoms with Crippen LogP contribution in [-0.4, -0.2) is 21.9 Å². The van der Waals surface area contributed by atoms with E-state index < -0.39 is 0 Å². The van der Waals surface area contributed by atoms with E-state index >= 15 is 0 Å². The summed E-state index contributed by atoms with van der Waals surface area (Å²) in [4.78, 5) is 12.3. The van der Waals surface area contributed by atoms with Crippen molar-refractivity contribution < 1.29 is 4.79 Å². The summed E-state index contributed by atoms with van der Waals surface area (Å²) in [5.41, 5.74) is 7.32. The Labute approximate surface area is 164 Å². The molecule has 0 atom stereocenters. The van der Waals surface area contributed by atoms with Crippen molar-refractivity contribution in [2.45, 2.75) is 32.7 Å². The van der Waals surface area contributed by atoms with Gasteiger partial charge in [-0.05, 0) is 56.5 Å². The number of hydrogen-bond acceptors (Lipinski definition) is 4. The second-order valence-corrected chi connectivity index (χ2v) is 7.68. The third kappa shape index (κ3) is 4.74. The molecule has 0 aliphatic rings. The summed E-state index contributed by atoms with van der Waals surface area (Å²) >= 11 is 1.39. The fraction of sp³-hybridized carbons (Fsp3) is 0.227. The van der Waals surface area contributed by atoms with Gasteiger partial charge >= 0.3 is 0 Å². The second-order valence-electron chi connectivity index (χ2n) is 6.68. The molecule has 1 amide bonds. The molecule has 0 unspecified atom stereocenters. The standard InChI is InChI=1S/C22H23N3OS/c1-14-11-16(3)22(17(4)12-14)23-20(26)13-27-21-10-9-19(24-25-21)18-8-6-5-7-15(18)2/h5-12H,13H2,1-4H3,(H,23,26). The maximum atomic E-state index is 12.3. The molecule has 0 spiro atoms.